The highest BCUT2D eigenvalue weighted by atomic mass is 16.4. The van der Waals surface area contributed by atoms with Crippen LogP contribution in [-0.4, -0.2) is 17.6 Å². The van der Waals surface area contributed by atoms with Crippen LogP contribution in [-0.2, 0) is 4.79 Å². The molecule has 2 aliphatic carbocycles. The Morgan fingerprint density at radius 1 is 1.19 bits per heavy atom. The van der Waals surface area contributed by atoms with Gasteiger partial charge in [0, 0.05) is 6.04 Å². The van der Waals surface area contributed by atoms with Crippen molar-refractivity contribution in [2.75, 3.05) is 6.54 Å². The van der Waals surface area contributed by atoms with Crippen molar-refractivity contribution in [1.29, 1.82) is 0 Å². The van der Waals surface area contributed by atoms with Gasteiger partial charge in [-0.1, -0.05) is 37.6 Å². The van der Waals surface area contributed by atoms with Gasteiger partial charge >= 0.3 is 5.97 Å². The molecule has 0 radical (unpaired) electrons. The maximum atomic E-state index is 11.3. The van der Waals surface area contributed by atoms with E-state index in [0.717, 1.165) is 32.2 Å². The van der Waals surface area contributed by atoms with E-state index < -0.39 is 5.97 Å². The van der Waals surface area contributed by atoms with E-state index in [4.69, 9.17) is 0 Å². The normalized spacial score (nSPS) is 31.9. The van der Waals surface area contributed by atoms with Crippen molar-refractivity contribution in [2.24, 2.45) is 11.8 Å². The summed E-state index contributed by atoms with van der Waals surface area (Å²) in [7, 11) is 0. The lowest BCUT2D eigenvalue weighted by atomic mass is 9.81. The summed E-state index contributed by atoms with van der Waals surface area (Å²) in [5.74, 6) is 0.179. The van der Waals surface area contributed by atoms with Crippen LogP contribution in [0.25, 0.3) is 0 Å². The van der Waals surface area contributed by atoms with Crippen molar-refractivity contribution in [2.45, 2.75) is 51.0 Å². The molecule has 1 fully saturated rings. The first-order valence-corrected chi connectivity index (χ1v) is 8.22. The van der Waals surface area contributed by atoms with Crippen LogP contribution < -0.4 is 5.32 Å². The molecule has 4 atom stereocenters. The Hall–Kier alpha value is -1.35. The number of carboxylic acids is 1. The fourth-order valence-corrected chi connectivity index (χ4v) is 4.12. The summed E-state index contributed by atoms with van der Waals surface area (Å²) in [6.07, 6.45) is 5.32. The summed E-state index contributed by atoms with van der Waals surface area (Å²) < 4.78 is 0. The number of carboxylic acid groups (broad SMARTS) is 1. The largest absolute Gasteiger partial charge is 0.481 e. The first kappa shape index (κ1) is 14.6. The Labute approximate surface area is 126 Å². The van der Waals surface area contributed by atoms with E-state index in [2.05, 4.69) is 36.5 Å². The third-order valence-corrected chi connectivity index (χ3v) is 5.39. The number of aliphatic carboxylic acids is 1. The highest BCUT2D eigenvalue weighted by Crippen LogP contribution is 2.38. The van der Waals surface area contributed by atoms with Gasteiger partial charge in [-0.15, -0.1) is 0 Å². The molecule has 0 amide bonds. The molecule has 0 saturated heterocycles. The van der Waals surface area contributed by atoms with Crippen LogP contribution >= 0.6 is 0 Å². The lowest BCUT2D eigenvalue weighted by Crippen LogP contribution is -2.33. The minimum Gasteiger partial charge on any atom is -0.481 e. The molecule has 0 heterocycles. The predicted octanol–water partition coefficient (Wildman–Crippen LogP) is 3.72. The summed E-state index contributed by atoms with van der Waals surface area (Å²) in [6.45, 7) is 3.14. The highest BCUT2D eigenvalue weighted by molar-refractivity contribution is 5.70. The molecule has 3 nitrogen and oxygen atoms in total. The Balaban J connectivity index is 1.66. The molecule has 21 heavy (non-hydrogen) atoms. The topological polar surface area (TPSA) is 49.3 Å². The zero-order valence-corrected chi connectivity index (χ0v) is 12.7. The zero-order valence-electron chi connectivity index (χ0n) is 12.7. The van der Waals surface area contributed by atoms with Gasteiger partial charge in [0.25, 0.3) is 0 Å². The molecule has 1 aromatic carbocycles. The van der Waals surface area contributed by atoms with E-state index in [1.54, 1.807) is 0 Å². The number of rotatable bonds is 4. The van der Waals surface area contributed by atoms with Crippen molar-refractivity contribution < 1.29 is 9.90 Å². The van der Waals surface area contributed by atoms with Gasteiger partial charge in [-0.2, -0.15) is 0 Å². The lowest BCUT2D eigenvalue weighted by Gasteiger charge is -2.31. The molecule has 1 aromatic rings. The van der Waals surface area contributed by atoms with Crippen LogP contribution in [0.5, 0.6) is 0 Å². The summed E-state index contributed by atoms with van der Waals surface area (Å²) >= 11 is 0. The van der Waals surface area contributed by atoms with Crippen molar-refractivity contribution in [1.82, 2.24) is 5.32 Å². The van der Waals surface area contributed by atoms with Crippen LogP contribution in [0.3, 0.4) is 0 Å². The van der Waals surface area contributed by atoms with Crippen LogP contribution in [0.2, 0.25) is 0 Å². The molecular weight excluding hydrogens is 262 g/mol. The second kappa shape index (κ2) is 6.18. The fraction of sp³-hybridized carbons (Fsp3) is 0.611. The van der Waals surface area contributed by atoms with Gasteiger partial charge < -0.3 is 10.4 Å². The molecule has 2 N–H and O–H groups in total. The van der Waals surface area contributed by atoms with E-state index in [-0.39, 0.29) is 5.92 Å². The summed E-state index contributed by atoms with van der Waals surface area (Å²) in [5.41, 5.74) is 2.88. The van der Waals surface area contributed by atoms with Crippen molar-refractivity contribution in [3.05, 3.63) is 35.4 Å². The molecule has 0 spiro atoms. The van der Waals surface area contributed by atoms with Gasteiger partial charge in [0.05, 0.1) is 5.92 Å². The average Bonchev–Trinajstić information content (AvgIpc) is 2.96. The SMILES string of the molecule is CC1CCC(NCC2CCCC2C(=O)O)c2ccccc21. The van der Waals surface area contributed by atoms with Crippen LogP contribution in [0, 0.1) is 11.8 Å². The quantitative estimate of drug-likeness (QED) is 0.887. The second-order valence-corrected chi connectivity index (χ2v) is 6.70. The molecule has 2 aliphatic rings. The summed E-state index contributed by atoms with van der Waals surface area (Å²) in [4.78, 5) is 11.3. The smallest absolute Gasteiger partial charge is 0.306 e. The van der Waals surface area contributed by atoms with Gasteiger partial charge in [0.2, 0.25) is 0 Å². The van der Waals surface area contributed by atoms with Gasteiger partial charge in [0.1, 0.15) is 0 Å². The maximum Gasteiger partial charge on any atom is 0.306 e. The summed E-state index contributed by atoms with van der Waals surface area (Å²) in [5, 5.41) is 12.9. The van der Waals surface area contributed by atoms with Crippen LogP contribution in [0.4, 0.5) is 0 Å². The molecule has 4 unspecified atom stereocenters. The van der Waals surface area contributed by atoms with E-state index in [9.17, 15) is 9.90 Å². The number of fused-ring (bicyclic) bond motifs is 1. The Bertz CT molecular complexity index is 514. The van der Waals surface area contributed by atoms with E-state index in [1.807, 2.05) is 0 Å². The maximum absolute atomic E-state index is 11.3. The molecule has 0 bridgehead atoms. The number of nitrogens with one attached hydrogen (secondary N) is 1. The third kappa shape index (κ3) is 2.98. The molecule has 3 heteroatoms. The molecule has 114 valence electrons. The molecular formula is C18H25NO2. The third-order valence-electron chi connectivity index (χ3n) is 5.39. The van der Waals surface area contributed by atoms with Crippen molar-refractivity contribution in [3.63, 3.8) is 0 Å². The van der Waals surface area contributed by atoms with Crippen molar-refractivity contribution >= 4 is 5.97 Å². The van der Waals surface area contributed by atoms with Crippen LogP contribution in [0.15, 0.2) is 24.3 Å². The van der Waals surface area contributed by atoms with Gasteiger partial charge in [0.15, 0.2) is 0 Å². The van der Waals surface area contributed by atoms with Gasteiger partial charge in [-0.05, 0) is 55.2 Å². The van der Waals surface area contributed by atoms with Gasteiger partial charge in [-0.25, -0.2) is 0 Å². The monoisotopic (exact) mass is 287 g/mol. The Morgan fingerprint density at radius 2 is 1.95 bits per heavy atom. The second-order valence-electron chi connectivity index (χ2n) is 6.70. The minimum absolute atomic E-state index is 0.143. The number of hydrogen-bond donors (Lipinski definition) is 2. The minimum atomic E-state index is -0.614. The Kier molecular flexibility index (Phi) is 4.29. The van der Waals surface area contributed by atoms with E-state index in [1.165, 1.54) is 17.5 Å². The van der Waals surface area contributed by atoms with Gasteiger partial charge in [-0.3, -0.25) is 4.79 Å². The predicted molar refractivity (Wildman–Crippen MR) is 83.3 cm³/mol. The zero-order chi connectivity index (χ0) is 14.8. The molecule has 0 aromatic heterocycles. The lowest BCUT2D eigenvalue weighted by molar-refractivity contribution is -0.142. The molecule has 1 saturated carbocycles. The van der Waals surface area contributed by atoms with E-state index in [0.29, 0.717) is 17.9 Å². The standard InChI is InChI=1S/C18H25NO2/c1-12-9-10-17(16-7-3-2-6-14(12)16)19-11-13-5-4-8-15(13)18(20)21/h2-3,6-7,12-13,15,17,19H,4-5,8-11H2,1H3,(H,20,21). The first-order chi connectivity index (χ1) is 10.2. The first-order valence-electron chi connectivity index (χ1n) is 8.22. The Morgan fingerprint density at radius 3 is 2.71 bits per heavy atom. The highest BCUT2D eigenvalue weighted by Gasteiger charge is 2.33. The number of benzene rings is 1. The number of hydrogen-bond acceptors (Lipinski definition) is 2. The van der Waals surface area contributed by atoms with Crippen molar-refractivity contribution in [3.8, 4) is 0 Å². The molecule has 0 aliphatic heterocycles. The van der Waals surface area contributed by atoms with E-state index >= 15 is 0 Å². The van der Waals surface area contributed by atoms with Crippen LogP contribution in [0.1, 0.15) is 62.1 Å². The molecule has 3 rings (SSSR count). The number of carbonyl (C=O) groups is 1. The average molecular weight is 287 g/mol. The fourth-order valence-electron chi connectivity index (χ4n) is 4.12. The summed E-state index contributed by atoms with van der Waals surface area (Å²) in [6, 6.07) is 9.10.